The molecule has 0 bridgehead atoms. The van der Waals surface area contributed by atoms with Gasteiger partial charge in [-0.25, -0.2) is 4.79 Å². The van der Waals surface area contributed by atoms with Crippen LogP contribution in [0.25, 0.3) is 0 Å². The molecule has 0 saturated carbocycles. The van der Waals surface area contributed by atoms with Crippen molar-refractivity contribution in [2.75, 3.05) is 37.3 Å². The van der Waals surface area contributed by atoms with Gasteiger partial charge in [0.1, 0.15) is 0 Å². The predicted octanol–water partition coefficient (Wildman–Crippen LogP) is 2.59. The molecule has 0 fully saturated rings. The van der Waals surface area contributed by atoms with Crippen LogP contribution in [0, 0.1) is 0 Å². The summed E-state index contributed by atoms with van der Waals surface area (Å²) in [6, 6.07) is 5.47. The Balaban J connectivity index is 2.88. The van der Waals surface area contributed by atoms with Crippen molar-refractivity contribution < 1.29 is 9.53 Å². The minimum Gasteiger partial charge on any atom is -0.462 e. The van der Waals surface area contributed by atoms with Gasteiger partial charge in [-0.15, -0.1) is 0 Å². The van der Waals surface area contributed by atoms with Crippen LogP contribution in [0.4, 0.5) is 11.4 Å². The summed E-state index contributed by atoms with van der Waals surface area (Å²) >= 11 is 0. The molecule has 0 heterocycles. The summed E-state index contributed by atoms with van der Waals surface area (Å²) in [7, 11) is 0. The minimum absolute atomic E-state index is 0.183. The number of likely N-dealkylation sites (N-methyl/N-ethyl adjacent to an activating group) is 1. The lowest BCUT2D eigenvalue weighted by Crippen LogP contribution is -2.35. The Labute approximate surface area is 127 Å². The van der Waals surface area contributed by atoms with Crippen molar-refractivity contribution in [3.63, 3.8) is 0 Å². The summed E-state index contributed by atoms with van der Waals surface area (Å²) < 4.78 is 5.08. The highest BCUT2D eigenvalue weighted by Gasteiger charge is 2.17. The van der Waals surface area contributed by atoms with Crippen molar-refractivity contribution in [1.29, 1.82) is 0 Å². The number of nitrogen functional groups attached to an aromatic ring is 1. The first-order valence-electron chi connectivity index (χ1n) is 7.57. The third-order valence-corrected chi connectivity index (χ3v) is 3.41. The fourth-order valence-corrected chi connectivity index (χ4v) is 2.27. The summed E-state index contributed by atoms with van der Waals surface area (Å²) in [6.45, 7) is 11.4. The molecular weight excluding hydrogens is 266 g/mol. The maximum Gasteiger partial charge on any atom is 0.340 e. The summed E-state index contributed by atoms with van der Waals surface area (Å²) in [5.74, 6) is -0.345. The molecular formula is C16H27N3O2. The van der Waals surface area contributed by atoms with Gasteiger partial charge in [0.25, 0.3) is 0 Å². The van der Waals surface area contributed by atoms with Gasteiger partial charge >= 0.3 is 5.97 Å². The minimum atomic E-state index is -0.345. The standard InChI is InChI=1S/C16H27N3O2/c1-5-19(6-2)11-12(4)18-15-13(16(20)21-7-3)9-8-10-14(15)17/h8-10,12,18H,5-7,11,17H2,1-4H3. The molecule has 0 radical (unpaired) electrons. The van der Waals surface area contributed by atoms with Crippen molar-refractivity contribution in [3.05, 3.63) is 23.8 Å². The molecule has 0 aliphatic rings. The molecule has 5 nitrogen and oxygen atoms in total. The molecule has 21 heavy (non-hydrogen) atoms. The van der Waals surface area contributed by atoms with E-state index in [2.05, 4.69) is 31.0 Å². The second-order valence-corrected chi connectivity index (χ2v) is 5.02. The van der Waals surface area contributed by atoms with Crippen molar-refractivity contribution in [2.45, 2.75) is 33.7 Å². The van der Waals surface area contributed by atoms with Crippen LogP contribution >= 0.6 is 0 Å². The zero-order valence-corrected chi connectivity index (χ0v) is 13.5. The van der Waals surface area contributed by atoms with Gasteiger partial charge in [-0.2, -0.15) is 0 Å². The van der Waals surface area contributed by atoms with Crippen molar-refractivity contribution in [3.8, 4) is 0 Å². The van der Waals surface area contributed by atoms with E-state index in [0.717, 1.165) is 19.6 Å². The zero-order chi connectivity index (χ0) is 15.8. The number of nitrogens with one attached hydrogen (secondary N) is 1. The van der Waals surface area contributed by atoms with E-state index in [1.54, 1.807) is 25.1 Å². The predicted molar refractivity (Wildman–Crippen MR) is 87.7 cm³/mol. The number of rotatable bonds is 8. The van der Waals surface area contributed by atoms with Crippen LogP contribution < -0.4 is 11.1 Å². The number of ether oxygens (including phenoxy) is 1. The monoisotopic (exact) mass is 293 g/mol. The lowest BCUT2D eigenvalue weighted by molar-refractivity contribution is 0.0527. The smallest absolute Gasteiger partial charge is 0.340 e. The summed E-state index contributed by atoms with van der Waals surface area (Å²) in [5, 5.41) is 3.35. The molecule has 1 atom stereocenters. The van der Waals surface area contributed by atoms with Gasteiger partial charge in [-0.05, 0) is 39.1 Å². The number of nitrogens with zero attached hydrogens (tertiary/aromatic N) is 1. The summed E-state index contributed by atoms with van der Waals surface area (Å²) in [4.78, 5) is 14.3. The summed E-state index contributed by atoms with van der Waals surface area (Å²) in [5.41, 5.74) is 7.73. The van der Waals surface area contributed by atoms with Crippen LogP contribution in [-0.2, 0) is 4.74 Å². The largest absolute Gasteiger partial charge is 0.462 e. The molecule has 0 aliphatic heterocycles. The molecule has 0 aromatic heterocycles. The van der Waals surface area contributed by atoms with E-state index in [4.69, 9.17) is 10.5 Å². The molecule has 0 saturated heterocycles. The van der Waals surface area contributed by atoms with Crippen LogP contribution in [0.1, 0.15) is 38.1 Å². The van der Waals surface area contributed by atoms with E-state index in [-0.39, 0.29) is 12.0 Å². The third-order valence-electron chi connectivity index (χ3n) is 3.41. The van der Waals surface area contributed by atoms with E-state index < -0.39 is 0 Å². The molecule has 0 amide bonds. The molecule has 1 aromatic rings. The Bertz CT molecular complexity index is 459. The van der Waals surface area contributed by atoms with E-state index in [1.807, 2.05) is 0 Å². The fraction of sp³-hybridized carbons (Fsp3) is 0.562. The SMILES string of the molecule is CCOC(=O)c1cccc(N)c1NC(C)CN(CC)CC. The zero-order valence-electron chi connectivity index (χ0n) is 13.5. The Hall–Kier alpha value is -1.75. The Morgan fingerprint density at radius 2 is 2.00 bits per heavy atom. The quantitative estimate of drug-likeness (QED) is 0.569. The number of carbonyl (C=O) groups excluding carboxylic acids is 1. The molecule has 1 aromatic carbocycles. The van der Waals surface area contributed by atoms with Crippen molar-refractivity contribution >= 4 is 17.3 Å². The van der Waals surface area contributed by atoms with Gasteiger partial charge in [0.15, 0.2) is 0 Å². The highest BCUT2D eigenvalue weighted by molar-refractivity contribution is 5.98. The van der Waals surface area contributed by atoms with Crippen LogP contribution in [0.3, 0.4) is 0 Å². The first-order valence-corrected chi connectivity index (χ1v) is 7.57. The van der Waals surface area contributed by atoms with Gasteiger partial charge < -0.3 is 20.7 Å². The van der Waals surface area contributed by atoms with Gasteiger partial charge in [-0.3, -0.25) is 0 Å². The molecule has 0 spiro atoms. The van der Waals surface area contributed by atoms with Crippen molar-refractivity contribution in [2.24, 2.45) is 0 Å². The van der Waals surface area contributed by atoms with E-state index in [9.17, 15) is 4.79 Å². The fourth-order valence-electron chi connectivity index (χ4n) is 2.27. The van der Waals surface area contributed by atoms with Crippen LogP contribution in [-0.4, -0.2) is 43.2 Å². The van der Waals surface area contributed by atoms with Crippen LogP contribution in [0.5, 0.6) is 0 Å². The van der Waals surface area contributed by atoms with Gasteiger partial charge in [-0.1, -0.05) is 19.9 Å². The second-order valence-electron chi connectivity index (χ2n) is 5.02. The number of para-hydroxylation sites is 1. The molecule has 118 valence electrons. The van der Waals surface area contributed by atoms with Crippen molar-refractivity contribution in [1.82, 2.24) is 4.90 Å². The Morgan fingerprint density at radius 3 is 2.57 bits per heavy atom. The van der Waals surface area contributed by atoms with Gasteiger partial charge in [0, 0.05) is 12.6 Å². The number of benzene rings is 1. The average molecular weight is 293 g/mol. The molecule has 5 heteroatoms. The second kappa shape index (κ2) is 8.52. The van der Waals surface area contributed by atoms with E-state index in [1.165, 1.54) is 0 Å². The molecule has 0 aliphatic carbocycles. The first-order chi connectivity index (χ1) is 10.0. The number of nitrogens with two attached hydrogens (primary N) is 1. The van der Waals surface area contributed by atoms with E-state index in [0.29, 0.717) is 23.5 Å². The average Bonchev–Trinajstić information content (AvgIpc) is 2.47. The molecule has 1 unspecified atom stereocenters. The first kappa shape index (κ1) is 17.3. The maximum absolute atomic E-state index is 12.0. The maximum atomic E-state index is 12.0. The summed E-state index contributed by atoms with van der Waals surface area (Å²) in [6.07, 6.45) is 0. The molecule has 1 rings (SSSR count). The normalized spacial score (nSPS) is 12.2. The van der Waals surface area contributed by atoms with Gasteiger partial charge in [0.2, 0.25) is 0 Å². The van der Waals surface area contributed by atoms with Gasteiger partial charge in [0.05, 0.1) is 23.5 Å². The van der Waals surface area contributed by atoms with E-state index >= 15 is 0 Å². The highest BCUT2D eigenvalue weighted by atomic mass is 16.5. The van der Waals surface area contributed by atoms with Crippen LogP contribution in [0.2, 0.25) is 0 Å². The lowest BCUT2D eigenvalue weighted by atomic mass is 10.1. The third kappa shape index (κ3) is 4.93. The Morgan fingerprint density at radius 1 is 1.33 bits per heavy atom. The molecule has 3 N–H and O–H groups in total. The topological polar surface area (TPSA) is 67.6 Å². The number of carbonyl (C=O) groups is 1. The number of esters is 1. The number of anilines is 2. The van der Waals surface area contributed by atoms with Crippen LogP contribution in [0.15, 0.2) is 18.2 Å². The number of hydrogen-bond donors (Lipinski definition) is 2. The Kier molecular flexibility index (Phi) is 7.02. The highest BCUT2D eigenvalue weighted by Crippen LogP contribution is 2.25. The number of hydrogen-bond acceptors (Lipinski definition) is 5. The lowest BCUT2D eigenvalue weighted by Gasteiger charge is -2.25.